The van der Waals surface area contributed by atoms with E-state index < -0.39 is 11.6 Å². The van der Waals surface area contributed by atoms with Gasteiger partial charge in [0.2, 0.25) is 0 Å². The Morgan fingerprint density at radius 1 is 1.05 bits per heavy atom. The van der Waals surface area contributed by atoms with E-state index in [0.717, 1.165) is 11.8 Å². The third-order valence-corrected chi connectivity index (χ3v) is 2.75. The second-order valence-corrected chi connectivity index (χ2v) is 4.11. The molecule has 0 bridgehead atoms. The maximum Gasteiger partial charge on any atom is 0.146 e. The van der Waals surface area contributed by atoms with Gasteiger partial charge in [-0.3, -0.25) is 0 Å². The lowest BCUT2D eigenvalue weighted by atomic mass is 10.1. The fraction of sp³-hybridized carbons (Fsp3) is 0.133. The molecule has 2 aromatic rings. The second-order valence-electron chi connectivity index (χ2n) is 4.11. The van der Waals surface area contributed by atoms with E-state index in [1.165, 1.54) is 18.2 Å². The highest BCUT2D eigenvalue weighted by Gasteiger charge is 2.07. The van der Waals surface area contributed by atoms with E-state index in [1.807, 2.05) is 0 Å². The summed E-state index contributed by atoms with van der Waals surface area (Å²) >= 11 is 0. The van der Waals surface area contributed by atoms with Crippen molar-refractivity contribution in [3.63, 3.8) is 0 Å². The molecule has 0 saturated carbocycles. The van der Waals surface area contributed by atoms with Crippen molar-refractivity contribution in [1.29, 1.82) is 0 Å². The zero-order chi connectivity index (χ0) is 13.7. The van der Waals surface area contributed by atoms with Gasteiger partial charge in [-0.25, -0.2) is 8.78 Å². The molecule has 2 aromatic carbocycles. The van der Waals surface area contributed by atoms with Crippen molar-refractivity contribution in [3.8, 4) is 0 Å². The molecule has 0 saturated heterocycles. The van der Waals surface area contributed by atoms with Crippen LogP contribution in [0.3, 0.4) is 0 Å². The van der Waals surface area contributed by atoms with Crippen molar-refractivity contribution in [3.05, 3.63) is 59.7 Å². The fourth-order valence-electron chi connectivity index (χ4n) is 1.81. The van der Waals surface area contributed by atoms with Gasteiger partial charge in [-0.05, 0) is 36.2 Å². The standard InChI is InChI=1S/C15H13F2NO/c16-12-8-7-11(4-3-9-19)15(10-12)18-14-6-2-1-5-13(14)17/h1-2,5-10,18H,3-4H2. The minimum Gasteiger partial charge on any atom is -0.353 e. The largest absolute Gasteiger partial charge is 0.353 e. The number of aryl methyl sites for hydroxylation is 1. The lowest BCUT2D eigenvalue weighted by molar-refractivity contribution is -0.107. The maximum absolute atomic E-state index is 13.5. The van der Waals surface area contributed by atoms with Crippen LogP contribution in [0.1, 0.15) is 12.0 Å². The number of nitrogens with one attached hydrogen (secondary N) is 1. The molecule has 0 aliphatic rings. The van der Waals surface area contributed by atoms with Crippen LogP contribution in [0.25, 0.3) is 0 Å². The van der Waals surface area contributed by atoms with Crippen LogP contribution in [-0.2, 0) is 11.2 Å². The van der Waals surface area contributed by atoms with Gasteiger partial charge in [0.05, 0.1) is 5.69 Å². The first-order chi connectivity index (χ1) is 9.20. The monoisotopic (exact) mass is 261 g/mol. The third kappa shape index (κ3) is 3.37. The molecule has 0 aromatic heterocycles. The third-order valence-electron chi connectivity index (χ3n) is 2.75. The Hall–Kier alpha value is -2.23. The highest BCUT2D eigenvalue weighted by Crippen LogP contribution is 2.24. The normalized spacial score (nSPS) is 10.2. The Morgan fingerprint density at radius 2 is 1.84 bits per heavy atom. The van der Waals surface area contributed by atoms with Gasteiger partial charge in [0.1, 0.15) is 17.9 Å². The summed E-state index contributed by atoms with van der Waals surface area (Å²) in [7, 11) is 0. The first kappa shape index (κ1) is 13.2. The predicted octanol–water partition coefficient (Wildman–Crippen LogP) is 3.84. The Morgan fingerprint density at radius 3 is 2.58 bits per heavy atom. The second kappa shape index (κ2) is 6.09. The molecule has 0 heterocycles. The van der Waals surface area contributed by atoms with Gasteiger partial charge in [0.15, 0.2) is 0 Å². The first-order valence-electron chi connectivity index (χ1n) is 5.94. The summed E-state index contributed by atoms with van der Waals surface area (Å²) in [6.07, 6.45) is 1.63. The van der Waals surface area contributed by atoms with Crippen LogP contribution in [0.2, 0.25) is 0 Å². The molecule has 0 atom stereocenters. The van der Waals surface area contributed by atoms with Crippen molar-refractivity contribution < 1.29 is 13.6 Å². The van der Waals surface area contributed by atoms with Crippen LogP contribution in [0, 0.1) is 11.6 Å². The highest BCUT2D eigenvalue weighted by molar-refractivity contribution is 5.64. The molecule has 2 rings (SSSR count). The number of halogens is 2. The summed E-state index contributed by atoms with van der Waals surface area (Å²) in [5, 5.41) is 2.86. The molecule has 2 nitrogen and oxygen atoms in total. The van der Waals surface area contributed by atoms with Gasteiger partial charge in [-0.1, -0.05) is 18.2 Å². The average Bonchev–Trinajstić information content (AvgIpc) is 2.40. The van der Waals surface area contributed by atoms with Gasteiger partial charge in [-0.2, -0.15) is 0 Å². The van der Waals surface area contributed by atoms with Gasteiger partial charge < -0.3 is 10.1 Å². The van der Waals surface area contributed by atoms with Crippen LogP contribution >= 0.6 is 0 Å². The molecule has 0 radical (unpaired) electrons. The van der Waals surface area contributed by atoms with Crippen molar-refractivity contribution in [2.75, 3.05) is 5.32 Å². The van der Waals surface area contributed by atoms with Gasteiger partial charge in [-0.15, -0.1) is 0 Å². The number of rotatable bonds is 5. The molecular formula is C15H13F2NO. The molecule has 98 valence electrons. The van der Waals surface area contributed by atoms with Crippen LogP contribution in [0.4, 0.5) is 20.2 Å². The lowest BCUT2D eigenvalue weighted by Crippen LogP contribution is -1.99. The Balaban J connectivity index is 2.30. The van der Waals surface area contributed by atoms with E-state index in [0.29, 0.717) is 18.5 Å². The number of hydrogen-bond acceptors (Lipinski definition) is 2. The summed E-state index contributed by atoms with van der Waals surface area (Å²) in [6.45, 7) is 0. The van der Waals surface area contributed by atoms with Gasteiger partial charge >= 0.3 is 0 Å². The molecule has 0 aliphatic heterocycles. The van der Waals surface area contributed by atoms with Crippen LogP contribution < -0.4 is 5.32 Å². The maximum atomic E-state index is 13.5. The molecule has 0 spiro atoms. The summed E-state index contributed by atoms with van der Waals surface area (Å²) in [6, 6.07) is 10.4. The molecular weight excluding hydrogens is 248 g/mol. The van der Waals surface area contributed by atoms with E-state index in [1.54, 1.807) is 24.3 Å². The number of anilines is 2. The van der Waals surface area contributed by atoms with Crippen molar-refractivity contribution in [2.24, 2.45) is 0 Å². The minimum atomic E-state index is -0.409. The average molecular weight is 261 g/mol. The fourth-order valence-corrected chi connectivity index (χ4v) is 1.81. The van der Waals surface area contributed by atoms with Gasteiger partial charge in [0, 0.05) is 12.1 Å². The molecule has 0 aliphatic carbocycles. The molecule has 4 heteroatoms. The molecule has 1 N–H and O–H groups in total. The highest BCUT2D eigenvalue weighted by atomic mass is 19.1. The number of para-hydroxylation sites is 1. The summed E-state index contributed by atoms with van der Waals surface area (Å²) in [4.78, 5) is 10.4. The molecule has 0 fully saturated rings. The van der Waals surface area contributed by atoms with Crippen molar-refractivity contribution in [2.45, 2.75) is 12.8 Å². The topological polar surface area (TPSA) is 29.1 Å². The number of carbonyl (C=O) groups excluding carboxylic acids is 1. The Bertz CT molecular complexity index is 584. The van der Waals surface area contributed by atoms with Crippen LogP contribution in [0.15, 0.2) is 42.5 Å². The molecule has 0 amide bonds. The van der Waals surface area contributed by atoms with Crippen molar-refractivity contribution >= 4 is 17.7 Å². The quantitative estimate of drug-likeness (QED) is 0.828. The lowest BCUT2D eigenvalue weighted by Gasteiger charge is -2.12. The summed E-state index contributed by atoms with van der Waals surface area (Å²) in [5.74, 6) is -0.818. The zero-order valence-corrected chi connectivity index (χ0v) is 10.2. The first-order valence-corrected chi connectivity index (χ1v) is 5.94. The molecule has 19 heavy (non-hydrogen) atoms. The van der Waals surface area contributed by atoms with E-state index in [9.17, 15) is 13.6 Å². The van der Waals surface area contributed by atoms with Crippen molar-refractivity contribution in [1.82, 2.24) is 0 Å². The van der Waals surface area contributed by atoms with Crippen LogP contribution in [-0.4, -0.2) is 6.29 Å². The van der Waals surface area contributed by atoms with E-state index >= 15 is 0 Å². The molecule has 0 unspecified atom stereocenters. The number of aldehydes is 1. The van der Waals surface area contributed by atoms with E-state index in [4.69, 9.17) is 0 Å². The number of carbonyl (C=O) groups is 1. The summed E-state index contributed by atoms with van der Waals surface area (Å²) < 4.78 is 26.8. The minimum absolute atomic E-state index is 0.278. The van der Waals surface area contributed by atoms with E-state index in [2.05, 4.69) is 5.32 Å². The SMILES string of the molecule is O=CCCc1ccc(F)cc1Nc1ccccc1F. The number of hydrogen-bond donors (Lipinski definition) is 1. The zero-order valence-electron chi connectivity index (χ0n) is 10.2. The van der Waals surface area contributed by atoms with Gasteiger partial charge in [0.25, 0.3) is 0 Å². The Kier molecular flexibility index (Phi) is 4.23. The van der Waals surface area contributed by atoms with E-state index in [-0.39, 0.29) is 5.69 Å². The Labute approximate surface area is 110 Å². The van der Waals surface area contributed by atoms with Crippen LogP contribution in [0.5, 0.6) is 0 Å². The predicted molar refractivity (Wildman–Crippen MR) is 70.5 cm³/mol. The smallest absolute Gasteiger partial charge is 0.146 e. The summed E-state index contributed by atoms with van der Waals surface area (Å²) in [5.41, 5.74) is 1.53. The number of benzene rings is 2.